The van der Waals surface area contributed by atoms with E-state index in [4.69, 9.17) is 14.4 Å². The van der Waals surface area contributed by atoms with Crippen molar-refractivity contribution in [3.63, 3.8) is 0 Å². The Kier molecular flexibility index (Phi) is 13.0. The quantitative estimate of drug-likeness (QED) is 0.123. The molecule has 0 aliphatic carbocycles. The van der Waals surface area contributed by atoms with Crippen LogP contribution in [0.3, 0.4) is 0 Å². The Bertz CT molecular complexity index is 2460. The van der Waals surface area contributed by atoms with Crippen molar-refractivity contribution >= 4 is 39.7 Å². The molecule has 293 valence electrons. The van der Waals surface area contributed by atoms with Gasteiger partial charge in [0.25, 0.3) is 0 Å². The van der Waals surface area contributed by atoms with Crippen LogP contribution in [0.2, 0.25) is 17.3 Å². The minimum Gasteiger partial charge on any atom is -0.486 e. The Labute approximate surface area is 350 Å². The van der Waals surface area contributed by atoms with Crippen LogP contribution in [0.15, 0.2) is 83.7 Å². The van der Waals surface area contributed by atoms with Crippen LogP contribution in [0.25, 0.3) is 55.7 Å². The molecule has 0 atom stereocenters. The first-order valence-electron chi connectivity index (χ1n) is 19.4. The third-order valence-corrected chi connectivity index (χ3v) is 14.1. The van der Waals surface area contributed by atoms with Gasteiger partial charge in [-0.25, -0.2) is 4.98 Å². The van der Waals surface area contributed by atoms with E-state index in [0.717, 1.165) is 74.2 Å². The molecule has 0 saturated carbocycles. The number of hydrogen-bond acceptors (Lipinski definition) is 5. The summed E-state index contributed by atoms with van der Waals surface area (Å²) in [5.41, 5.74) is 15.4. The van der Waals surface area contributed by atoms with Gasteiger partial charge in [-0.05, 0) is 68.5 Å². The molecule has 0 unspecified atom stereocenters. The van der Waals surface area contributed by atoms with E-state index in [2.05, 4.69) is 144 Å². The molecule has 2 aromatic carbocycles. The summed E-state index contributed by atoms with van der Waals surface area (Å²) in [4.78, 5) is 18.8. The van der Waals surface area contributed by atoms with Gasteiger partial charge in [-0.1, -0.05) is 37.8 Å². The molecule has 56 heavy (non-hydrogen) atoms. The third kappa shape index (κ3) is 10.3. The molecule has 0 aliphatic heterocycles. The Hall–Kier alpha value is -3.97. The van der Waals surface area contributed by atoms with Gasteiger partial charge in [-0.3, -0.25) is 4.98 Å². The second-order valence-electron chi connectivity index (χ2n) is 18.6. The van der Waals surface area contributed by atoms with Crippen molar-refractivity contribution in [2.24, 2.45) is 10.8 Å². The number of aryl methyl sites for hydroxylation is 4. The van der Waals surface area contributed by atoms with Gasteiger partial charge in [0.1, 0.15) is 0 Å². The van der Waals surface area contributed by atoms with E-state index in [1.165, 1.54) is 26.6 Å². The Morgan fingerprint density at radius 2 is 1.34 bits per heavy atom. The summed E-state index contributed by atoms with van der Waals surface area (Å²) in [5.74, 6) is 7.33. The van der Waals surface area contributed by atoms with E-state index >= 15 is 0 Å². The molecule has 0 bridgehead atoms. The molecule has 7 rings (SSSR count). The van der Waals surface area contributed by atoms with Crippen LogP contribution in [0, 0.1) is 50.7 Å². The number of nitrogens with zero attached hydrogens (tertiary/aromatic N) is 4. The second kappa shape index (κ2) is 16.9. The minimum absolute atomic E-state index is 0. The molecule has 0 amide bonds. The fraction of sp³-hybridized carbons (Fsp3) is 0.347. The zero-order valence-corrected chi connectivity index (χ0v) is 39.9. The van der Waals surface area contributed by atoms with Gasteiger partial charge in [0, 0.05) is 60.4 Å². The van der Waals surface area contributed by atoms with Crippen LogP contribution in [0.5, 0.6) is 0 Å². The number of fused-ring (bicyclic) bond motifs is 3. The maximum atomic E-state index is 6.04. The molecule has 7 heteroatoms. The van der Waals surface area contributed by atoms with Crippen molar-refractivity contribution in [2.45, 2.75) is 99.3 Å². The molecule has 0 N–H and O–H groups in total. The average Bonchev–Trinajstić information content (AvgIpc) is 3.45. The summed E-state index contributed by atoms with van der Waals surface area (Å²) in [7, 11) is 0. The van der Waals surface area contributed by atoms with E-state index in [1.807, 2.05) is 43.6 Å². The number of aromatic nitrogens is 4. The van der Waals surface area contributed by atoms with Crippen molar-refractivity contribution in [3.8, 4) is 33.6 Å². The molecule has 0 fully saturated rings. The fourth-order valence-electron chi connectivity index (χ4n) is 7.41. The topological polar surface area (TPSA) is 64.7 Å². The van der Waals surface area contributed by atoms with Gasteiger partial charge in [-0.2, -0.15) is 0 Å². The van der Waals surface area contributed by atoms with Crippen LogP contribution in [-0.2, 0) is 32.9 Å². The summed E-state index contributed by atoms with van der Waals surface area (Å²) < 4.78 is 7.58. The standard InChI is InChI=1S/C30H30N3O.C19H26GeN.Ir/c1-17-10-19(3)33-20(4)28(17)23-12-25-24-11-21(8-9-27(24)34-29(25)32-16-23)26-13-22(14-30(5,6)7)18(2)15-31-26;1-19(2,3)13-16-12-18(15-10-8-7-9-11-15)21-14-17(16)20(4,5)6;/h9-13,15-16H,14H2,1-7H3;7-10,12,14H,13H2,1-6H3;/q2*-1;. The smallest absolute Gasteiger partial charge is 0.216 e. The Morgan fingerprint density at radius 3 is 1.98 bits per heavy atom. The van der Waals surface area contributed by atoms with Crippen LogP contribution in [-0.4, -0.2) is 33.2 Å². The number of furan rings is 1. The first-order valence-corrected chi connectivity index (χ1v) is 26.7. The summed E-state index contributed by atoms with van der Waals surface area (Å²) in [6.07, 6.45) is 8.09. The number of hydrogen-bond donors (Lipinski definition) is 0. The fourth-order valence-corrected chi connectivity index (χ4v) is 10.7. The van der Waals surface area contributed by atoms with Gasteiger partial charge in [-0.15, -0.1) is 23.8 Å². The van der Waals surface area contributed by atoms with Crippen molar-refractivity contribution in [3.05, 3.63) is 125 Å². The largest absolute Gasteiger partial charge is 0.486 e. The van der Waals surface area contributed by atoms with E-state index in [0.29, 0.717) is 11.1 Å². The molecule has 1 radical (unpaired) electrons. The molecular formula is C49H56GeIrN4O-2. The predicted octanol–water partition coefficient (Wildman–Crippen LogP) is 12.4. The van der Waals surface area contributed by atoms with Crippen LogP contribution in [0.1, 0.15) is 75.2 Å². The average molecular weight is 982 g/mol. The molecule has 7 aromatic rings. The van der Waals surface area contributed by atoms with Gasteiger partial charge in [0.05, 0.1) is 5.58 Å². The molecule has 5 heterocycles. The molecule has 0 spiro atoms. The number of pyridine rings is 4. The first kappa shape index (κ1) is 43.2. The van der Waals surface area contributed by atoms with Crippen molar-refractivity contribution in [1.29, 1.82) is 0 Å². The van der Waals surface area contributed by atoms with E-state index in [1.54, 1.807) is 0 Å². The maximum Gasteiger partial charge on any atom is 0.216 e. The summed E-state index contributed by atoms with van der Waals surface area (Å²) in [6.45, 7) is 22.0. The maximum absolute atomic E-state index is 6.04. The van der Waals surface area contributed by atoms with Crippen LogP contribution in [0.4, 0.5) is 0 Å². The predicted molar refractivity (Wildman–Crippen MR) is 234 cm³/mol. The second-order valence-corrected chi connectivity index (χ2v) is 29.1. The van der Waals surface area contributed by atoms with Crippen LogP contribution >= 0.6 is 0 Å². The molecular weight excluding hydrogens is 925 g/mol. The number of benzene rings is 2. The Balaban J connectivity index is 0.000000236. The van der Waals surface area contributed by atoms with Crippen molar-refractivity contribution < 1.29 is 24.5 Å². The zero-order chi connectivity index (χ0) is 39.9. The van der Waals surface area contributed by atoms with Gasteiger partial charge < -0.3 is 9.40 Å². The van der Waals surface area contributed by atoms with Gasteiger partial charge >= 0.3 is 132 Å². The number of rotatable bonds is 6. The summed E-state index contributed by atoms with van der Waals surface area (Å²) in [6, 6.07) is 27.6. The van der Waals surface area contributed by atoms with E-state index < -0.39 is 13.3 Å². The van der Waals surface area contributed by atoms with Crippen molar-refractivity contribution in [2.75, 3.05) is 0 Å². The SMILES string of the molecule is CC(C)(C)Cc1cc(-c2[c-]cccc2)nc[c]1[Ge]([CH3])([CH3])[CH3].Cc1cc(C)c(-c2cnc3oc4c[c-]c(-c5cc(CC(C)(C)C)c(C)cn5)cc4c3c2)c(C)n1.[Ir]. The van der Waals surface area contributed by atoms with Gasteiger partial charge in [0.15, 0.2) is 0 Å². The molecule has 5 aromatic heterocycles. The first-order chi connectivity index (χ1) is 25.8. The molecule has 0 saturated heterocycles. The van der Waals surface area contributed by atoms with E-state index in [9.17, 15) is 0 Å². The van der Waals surface area contributed by atoms with Crippen molar-refractivity contribution in [1.82, 2.24) is 19.9 Å². The summed E-state index contributed by atoms with van der Waals surface area (Å²) in [5, 5.41) is 2.01. The minimum atomic E-state index is -1.90. The normalized spacial score (nSPS) is 12.0. The third-order valence-electron chi connectivity index (χ3n) is 9.79. The monoisotopic (exact) mass is 983 g/mol. The van der Waals surface area contributed by atoms with Gasteiger partial charge in [0.2, 0.25) is 5.71 Å². The van der Waals surface area contributed by atoms with E-state index in [-0.39, 0.29) is 25.5 Å². The Morgan fingerprint density at radius 1 is 0.679 bits per heavy atom. The molecule has 5 nitrogen and oxygen atoms in total. The zero-order valence-electron chi connectivity index (χ0n) is 35.5. The van der Waals surface area contributed by atoms with Crippen LogP contribution < -0.4 is 4.40 Å². The summed E-state index contributed by atoms with van der Waals surface area (Å²) >= 11 is -1.90. The molecule has 0 aliphatic rings.